The van der Waals surface area contributed by atoms with E-state index in [1.54, 1.807) is 39.0 Å². The fourth-order valence-corrected chi connectivity index (χ4v) is 6.25. The number of methoxy groups -OCH3 is 1. The van der Waals surface area contributed by atoms with E-state index < -0.39 is 47.4 Å². The highest BCUT2D eigenvalue weighted by molar-refractivity contribution is 5.92. The van der Waals surface area contributed by atoms with Crippen molar-refractivity contribution in [3.63, 3.8) is 0 Å². The van der Waals surface area contributed by atoms with Crippen LogP contribution in [0.3, 0.4) is 0 Å². The Morgan fingerprint density at radius 2 is 1.86 bits per heavy atom. The number of aromatic nitrogens is 1. The fraction of sp³-hybridized carbons (Fsp3) is 0.636. The van der Waals surface area contributed by atoms with Gasteiger partial charge in [-0.2, -0.15) is 0 Å². The molecule has 0 spiro atoms. The number of benzene rings is 1. The van der Waals surface area contributed by atoms with Crippen LogP contribution in [0, 0.1) is 17.3 Å². The van der Waals surface area contributed by atoms with Gasteiger partial charge in [0.2, 0.25) is 11.8 Å². The van der Waals surface area contributed by atoms with E-state index in [1.165, 1.54) is 37.8 Å². The highest BCUT2D eigenvalue weighted by Gasteiger charge is 2.50. The first kappa shape index (κ1) is 33.4. The molecular formula is C33H45F2N3O6. The molecule has 4 atom stereocenters. The second kappa shape index (κ2) is 13.2. The van der Waals surface area contributed by atoms with Gasteiger partial charge in [-0.05, 0) is 49.3 Å². The molecule has 2 fully saturated rings. The molecule has 2 heterocycles. The maximum Gasteiger partial charge on any atom is 0.405 e. The minimum Gasteiger partial charge on any atom is -0.497 e. The Kier molecular flexibility index (Phi) is 10.0. The Labute approximate surface area is 257 Å². The van der Waals surface area contributed by atoms with E-state index in [0.717, 1.165) is 12.8 Å². The summed E-state index contributed by atoms with van der Waals surface area (Å²) in [5.74, 6) is -3.68. The van der Waals surface area contributed by atoms with E-state index >= 15 is 8.78 Å². The molecule has 9 nitrogen and oxygen atoms in total. The van der Waals surface area contributed by atoms with E-state index in [4.69, 9.17) is 9.47 Å². The quantitative estimate of drug-likeness (QED) is 0.244. The third-order valence-corrected chi connectivity index (χ3v) is 8.84. The molecule has 1 aliphatic heterocycles. The number of hydrogen-bond acceptors (Lipinski definition) is 6. The number of ketones is 1. The van der Waals surface area contributed by atoms with Crippen molar-refractivity contribution >= 4 is 28.7 Å². The van der Waals surface area contributed by atoms with Crippen LogP contribution in [0.5, 0.6) is 11.6 Å². The van der Waals surface area contributed by atoms with Gasteiger partial charge in [-0.3, -0.25) is 9.59 Å². The summed E-state index contributed by atoms with van der Waals surface area (Å²) in [5, 5.41) is 12.2. The molecule has 1 aliphatic carbocycles. The van der Waals surface area contributed by atoms with Gasteiger partial charge in [0.15, 0.2) is 5.78 Å². The summed E-state index contributed by atoms with van der Waals surface area (Å²) in [5.41, 5.74) is -0.723. The van der Waals surface area contributed by atoms with Crippen LogP contribution >= 0.6 is 0 Å². The Hall–Kier alpha value is -3.50. The Balaban J connectivity index is 1.70. The number of alkyl halides is 2. The third-order valence-electron chi connectivity index (χ3n) is 8.84. The number of Topliss-reactive ketones (excluding diaryl/α,β-unsaturated/α-hetero) is 1. The van der Waals surface area contributed by atoms with E-state index in [1.807, 2.05) is 6.92 Å². The average molecular weight is 618 g/mol. The van der Waals surface area contributed by atoms with Crippen molar-refractivity contribution in [2.45, 2.75) is 104 Å². The molecule has 2 N–H and O–H groups in total. The summed E-state index contributed by atoms with van der Waals surface area (Å²) in [6, 6.07) is 4.36. The second-order valence-corrected chi connectivity index (χ2v) is 13.3. The van der Waals surface area contributed by atoms with E-state index in [-0.39, 0.29) is 30.2 Å². The third kappa shape index (κ3) is 7.58. The number of halogens is 2. The number of ether oxygens (including phenoxy) is 2. The molecule has 0 unspecified atom stereocenters. The molecule has 1 saturated carbocycles. The molecule has 0 bridgehead atoms. The number of fused-ring (bicyclic) bond motifs is 1. The first-order chi connectivity index (χ1) is 20.7. The van der Waals surface area contributed by atoms with Gasteiger partial charge in [0, 0.05) is 23.8 Å². The van der Waals surface area contributed by atoms with Crippen LogP contribution in [-0.4, -0.2) is 64.6 Å². The largest absolute Gasteiger partial charge is 0.497 e. The lowest BCUT2D eigenvalue weighted by Gasteiger charge is -2.35. The molecule has 1 aromatic carbocycles. The number of carboxylic acid groups (broad SMARTS) is 1. The second-order valence-electron chi connectivity index (χ2n) is 13.3. The Morgan fingerprint density at radius 3 is 2.43 bits per heavy atom. The van der Waals surface area contributed by atoms with Crippen molar-refractivity contribution in [1.29, 1.82) is 0 Å². The number of pyridine rings is 1. The van der Waals surface area contributed by atoms with Crippen LogP contribution in [0.1, 0.15) is 85.1 Å². The van der Waals surface area contributed by atoms with Crippen LogP contribution in [-0.2, 0) is 15.5 Å². The maximum absolute atomic E-state index is 15.9. The minimum absolute atomic E-state index is 0.0836. The van der Waals surface area contributed by atoms with Crippen LogP contribution in [0.4, 0.5) is 13.6 Å². The zero-order valence-corrected chi connectivity index (χ0v) is 26.5. The number of carbonyl (C=O) groups is 3. The van der Waals surface area contributed by atoms with Crippen molar-refractivity contribution in [3.8, 4) is 11.6 Å². The van der Waals surface area contributed by atoms with Crippen molar-refractivity contribution in [2.24, 2.45) is 17.3 Å². The van der Waals surface area contributed by atoms with Crippen molar-refractivity contribution in [1.82, 2.24) is 15.2 Å². The predicted molar refractivity (Wildman–Crippen MR) is 162 cm³/mol. The molecule has 4 rings (SSSR count). The van der Waals surface area contributed by atoms with Gasteiger partial charge in [0.05, 0.1) is 30.8 Å². The molecule has 2 amide bonds. The average Bonchev–Trinajstić information content (AvgIpc) is 3.70. The summed E-state index contributed by atoms with van der Waals surface area (Å²) in [6.07, 6.45) is 2.27. The Bertz CT molecular complexity index is 1370. The normalized spacial score (nSPS) is 21.3. The monoisotopic (exact) mass is 617 g/mol. The van der Waals surface area contributed by atoms with E-state index in [9.17, 15) is 19.5 Å². The molecule has 1 saturated heterocycles. The smallest absolute Gasteiger partial charge is 0.405 e. The number of nitrogens with zero attached hydrogens (tertiary/aromatic N) is 2. The van der Waals surface area contributed by atoms with Crippen molar-refractivity contribution < 1.29 is 37.7 Å². The molecule has 44 heavy (non-hydrogen) atoms. The highest BCUT2D eigenvalue weighted by atomic mass is 19.3. The topological polar surface area (TPSA) is 118 Å². The van der Waals surface area contributed by atoms with Gasteiger partial charge in [-0.1, -0.05) is 53.4 Å². The van der Waals surface area contributed by atoms with Gasteiger partial charge < -0.3 is 24.8 Å². The van der Waals surface area contributed by atoms with E-state index in [2.05, 4.69) is 10.3 Å². The minimum atomic E-state index is -3.22. The molecule has 242 valence electrons. The fourth-order valence-electron chi connectivity index (χ4n) is 6.25. The number of nitrogens with one attached hydrogen (secondary N) is 1. The standard InChI is InChI=1S/C33H45F2N3O6/c1-7-23-26(18-38(27(23)19(2)39)30(40)28(32(3,4)5)37-31(41)42)44-29-24(33(34,35)15-9-8-10-20-11-12-20)16-21-13-14-22(43-6)17-25(21)36-29/h13-14,16-17,20,23,26-28,37H,7-12,15,18H2,1-6H3,(H,41,42)/t23-,26+,27-,28-/m1/s1. The van der Waals surface area contributed by atoms with Crippen LogP contribution < -0.4 is 14.8 Å². The van der Waals surface area contributed by atoms with Gasteiger partial charge in [0.25, 0.3) is 5.92 Å². The summed E-state index contributed by atoms with van der Waals surface area (Å²) in [7, 11) is 1.50. The zero-order chi connectivity index (χ0) is 32.4. The maximum atomic E-state index is 15.9. The number of unbranched alkanes of at least 4 members (excludes halogenated alkanes) is 1. The van der Waals surface area contributed by atoms with Crippen molar-refractivity contribution in [2.75, 3.05) is 13.7 Å². The Morgan fingerprint density at radius 1 is 1.16 bits per heavy atom. The molecule has 0 radical (unpaired) electrons. The lowest BCUT2D eigenvalue weighted by atomic mass is 9.85. The molecular weight excluding hydrogens is 572 g/mol. The predicted octanol–water partition coefficient (Wildman–Crippen LogP) is 6.56. The molecule has 2 aliphatic rings. The first-order valence-corrected chi connectivity index (χ1v) is 15.5. The lowest BCUT2D eigenvalue weighted by molar-refractivity contribution is -0.141. The van der Waals surface area contributed by atoms with Crippen LogP contribution in [0.15, 0.2) is 24.3 Å². The summed E-state index contributed by atoms with van der Waals surface area (Å²) in [4.78, 5) is 44.2. The number of hydrogen-bond donors (Lipinski definition) is 2. The summed E-state index contributed by atoms with van der Waals surface area (Å²) >= 11 is 0. The van der Waals surface area contributed by atoms with Gasteiger partial charge in [-0.25, -0.2) is 18.6 Å². The highest BCUT2D eigenvalue weighted by Crippen LogP contribution is 2.43. The SMILES string of the molecule is CC[C@@H]1[C@@H](Oc2nc3cc(OC)ccc3cc2C(F)(F)CCCCC2CC2)CN(C(=O)[C@@H](NC(=O)O)C(C)(C)C)[C@@H]1C(C)=O. The van der Waals surface area contributed by atoms with E-state index in [0.29, 0.717) is 35.4 Å². The number of carbonyl (C=O) groups excluding carboxylic acids is 2. The summed E-state index contributed by atoms with van der Waals surface area (Å²) < 4.78 is 43.5. The lowest BCUT2D eigenvalue weighted by Crippen LogP contribution is -2.56. The van der Waals surface area contributed by atoms with Gasteiger partial charge in [0.1, 0.15) is 17.9 Å². The molecule has 1 aromatic heterocycles. The molecule has 2 aromatic rings. The van der Waals surface area contributed by atoms with Crippen molar-refractivity contribution in [3.05, 3.63) is 29.8 Å². The van der Waals surface area contributed by atoms with Crippen LogP contribution in [0.2, 0.25) is 0 Å². The van der Waals surface area contributed by atoms with Crippen LogP contribution in [0.25, 0.3) is 10.9 Å². The molecule has 11 heteroatoms. The number of amides is 2. The first-order valence-electron chi connectivity index (χ1n) is 15.5. The number of likely N-dealkylation sites (tertiary alicyclic amines) is 1. The van der Waals surface area contributed by atoms with Gasteiger partial charge >= 0.3 is 6.09 Å². The zero-order valence-electron chi connectivity index (χ0n) is 26.5. The summed E-state index contributed by atoms with van der Waals surface area (Å²) in [6.45, 7) is 8.30. The number of rotatable bonds is 13. The van der Waals surface area contributed by atoms with Gasteiger partial charge in [-0.15, -0.1) is 0 Å².